The van der Waals surface area contributed by atoms with E-state index in [0.717, 1.165) is 35.5 Å². The van der Waals surface area contributed by atoms with Gasteiger partial charge in [0.1, 0.15) is 29.2 Å². The lowest BCUT2D eigenvalue weighted by molar-refractivity contribution is -0.128. The molecule has 6 rings (SSSR count). The highest BCUT2D eigenvalue weighted by atomic mass is 16.6. The van der Waals surface area contributed by atoms with Crippen molar-refractivity contribution in [2.24, 2.45) is 5.41 Å². The highest BCUT2D eigenvalue weighted by molar-refractivity contribution is 6.05. The second kappa shape index (κ2) is 14.2. The SMILES string of the molecule is COC1=CCC(C)(C(OCC2CCC(n3cc(C)c(NC(=O)C4=CCCC=C4)nc3=O)O2)(c2ccccc2)c2ccc(OC)cc2)C=C1. The summed E-state index contributed by atoms with van der Waals surface area (Å²) in [6.45, 7) is 4.32. The van der Waals surface area contributed by atoms with Crippen molar-refractivity contribution in [3.63, 3.8) is 0 Å². The maximum absolute atomic E-state index is 13.2. The Bertz CT molecular complexity index is 1810. The van der Waals surface area contributed by atoms with Gasteiger partial charge in [-0.15, -0.1) is 0 Å². The Balaban J connectivity index is 1.26. The molecule has 1 saturated heterocycles. The molecular weight excluding hydrogens is 606 g/mol. The minimum absolute atomic E-state index is 0.255. The summed E-state index contributed by atoms with van der Waals surface area (Å²) in [5, 5.41) is 2.79. The summed E-state index contributed by atoms with van der Waals surface area (Å²) in [4.78, 5) is 30.2. The number of nitrogens with zero attached hydrogens (tertiary/aromatic N) is 2. The lowest BCUT2D eigenvalue weighted by Gasteiger charge is -2.49. The Kier molecular flexibility index (Phi) is 9.80. The van der Waals surface area contributed by atoms with Crippen LogP contribution in [0.1, 0.15) is 61.9 Å². The lowest BCUT2D eigenvalue weighted by atomic mass is 9.63. The van der Waals surface area contributed by atoms with Gasteiger partial charge >= 0.3 is 5.69 Å². The fraction of sp³-hybridized carbons (Fsp3) is 0.359. The van der Waals surface area contributed by atoms with Crippen molar-refractivity contribution < 1.29 is 23.7 Å². The van der Waals surface area contributed by atoms with Crippen molar-refractivity contribution >= 4 is 11.7 Å². The first-order chi connectivity index (χ1) is 23.3. The molecule has 4 atom stereocenters. The molecule has 1 aliphatic heterocycles. The van der Waals surface area contributed by atoms with E-state index in [9.17, 15) is 9.59 Å². The monoisotopic (exact) mass is 649 g/mol. The summed E-state index contributed by atoms with van der Waals surface area (Å²) >= 11 is 0. The number of anilines is 1. The number of hydrogen-bond donors (Lipinski definition) is 1. The van der Waals surface area contributed by atoms with E-state index in [0.29, 0.717) is 37.0 Å². The van der Waals surface area contributed by atoms with E-state index in [4.69, 9.17) is 18.9 Å². The number of nitrogens with one attached hydrogen (secondary N) is 1. The Hall–Kier alpha value is -4.73. The topological polar surface area (TPSA) is 101 Å². The normalized spacial score (nSPS) is 23.2. The summed E-state index contributed by atoms with van der Waals surface area (Å²) < 4.78 is 26.2. The molecule has 2 heterocycles. The minimum atomic E-state index is -0.897. The van der Waals surface area contributed by atoms with Crippen LogP contribution in [0.5, 0.6) is 5.75 Å². The van der Waals surface area contributed by atoms with Gasteiger partial charge in [-0.2, -0.15) is 4.98 Å². The quantitative estimate of drug-likeness (QED) is 0.241. The number of amides is 1. The maximum atomic E-state index is 13.2. The molecule has 48 heavy (non-hydrogen) atoms. The molecule has 9 nitrogen and oxygen atoms in total. The number of allylic oxidation sites excluding steroid dienone is 4. The van der Waals surface area contributed by atoms with E-state index in [1.807, 2.05) is 55.5 Å². The van der Waals surface area contributed by atoms with Gasteiger partial charge in [-0.1, -0.05) is 73.7 Å². The van der Waals surface area contributed by atoms with Gasteiger partial charge in [0.25, 0.3) is 5.91 Å². The molecular formula is C39H43N3O6. The number of aryl methyl sites for hydroxylation is 1. The molecule has 1 aromatic heterocycles. The van der Waals surface area contributed by atoms with E-state index < -0.39 is 22.9 Å². The van der Waals surface area contributed by atoms with Crippen LogP contribution in [0, 0.1) is 12.3 Å². The van der Waals surface area contributed by atoms with E-state index in [2.05, 4.69) is 53.6 Å². The first-order valence-electron chi connectivity index (χ1n) is 16.5. The van der Waals surface area contributed by atoms with E-state index in [1.54, 1.807) is 26.5 Å². The molecule has 1 amide bonds. The van der Waals surface area contributed by atoms with Gasteiger partial charge in [0, 0.05) is 22.7 Å². The molecule has 1 N–H and O–H groups in total. The summed E-state index contributed by atoms with van der Waals surface area (Å²) in [6, 6.07) is 18.3. The van der Waals surface area contributed by atoms with Crippen LogP contribution in [0.25, 0.3) is 0 Å². The number of benzene rings is 2. The summed E-state index contributed by atoms with van der Waals surface area (Å²) in [6.07, 6.45) is 16.6. The molecule has 0 bridgehead atoms. The van der Waals surface area contributed by atoms with Crippen LogP contribution in [0.2, 0.25) is 0 Å². The zero-order valence-electron chi connectivity index (χ0n) is 28.0. The van der Waals surface area contributed by atoms with Crippen molar-refractivity contribution in [3.05, 3.63) is 136 Å². The van der Waals surface area contributed by atoms with Crippen LogP contribution < -0.4 is 15.7 Å². The third kappa shape index (κ3) is 6.53. The average molecular weight is 650 g/mol. The zero-order valence-corrected chi connectivity index (χ0v) is 28.0. The Morgan fingerprint density at radius 3 is 2.46 bits per heavy atom. The van der Waals surface area contributed by atoms with Gasteiger partial charge in [-0.05, 0) is 74.4 Å². The lowest BCUT2D eigenvalue weighted by Crippen LogP contribution is -2.48. The molecule has 3 aliphatic rings. The van der Waals surface area contributed by atoms with Crippen molar-refractivity contribution in [1.29, 1.82) is 0 Å². The number of carbonyl (C=O) groups excluding carboxylic acids is 1. The summed E-state index contributed by atoms with van der Waals surface area (Å²) in [5.74, 6) is 1.55. The van der Waals surface area contributed by atoms with Gasteiger partial charge in [-0.3, -0.25) is 9.36 Å². The van der Waals surface area contributed by atoms with Crippen LogP contribution in [0.15, 0.2) is 113 Å². The van der Waals surface area contributed by atoms with E-state index >= 15 is 0 Å². The van der Waals surface area contributed by atoms with Crippen molar-refractivity contribution in [2.45, 2.75) is 63.9 Å². The van der Waals surface area contributed by atoms with Crippen LogP contribution in [0.4, 0.5) is 5.82 Å². The predicted molar refractivity (Wildman–Crippen MR) is 185 cm³/mol. The largest absolute Gasteiger partial charge is 0.497 e. The molecule has 1 fully saturated rings. The zero-order chi connectivity index (χ0) is 33.7. The standard InChI is InChI=1S/C39H43N3O6/c1-27-25-42(37(44)41-35(27)40-36(43)28-11-7-5-8-12-28)34-20-19-33(48-34)26-47-39(29-13-9-6-10-14-29,30-15-17-31(45-3)18-16-30)38(2)23-21-32(46-4)22-24-38/h6-7,9-18,21-23,25,33-34H,5,8,19-20,24,26H2,1-4H3,(H,40,41,43,44). The van der Waals surface area contributed by atoms with E-state index in [-0.39, 0.29) is 17.8 Å². The number of aromatic nitrogens is 2. The van der Waals surface area contributed by atoms with Crippen molar-refractivity contribution in [3.8, 4) is 5.75 Å². The Labute approximate surface area is 281 Å². The number of methoxy groups -OCH3 is 2. The Morgan fingerprint density at radius 2 is 1.79 bits per heavy atom. The minimum Gasteiger partial charge on any atom is -0.497 e. The molecule has 0 radical (unpaired) electrons. The summed E-state index contributed by atoms with van der Waals surface area (Å²) in [7, 11) is 3.33. The highest BCUT2D eigenvalue weighted by Gasteiger charge is 2.51. The molecule has 0 spiro atoms. The highest BCUT2D eigenvalue weighted by Crippen LogP contribution is 2.53. The fourth-order valence-corrected chi connectivity index (χ4v) is 6.88. The number of carbonyl (C=O) groups is 1. The third-order valence-electron chi connectivity index (χ3n) is 9.56. The van der Waals surface area contributed by atoms with Gasteiger partial charge in [0.2, 0.25) is 0 Å². The molecule has 9 heteroatoms. The van der Waals surface area contributed by atoms with E-state index in [1.165, 1.54) is 4.57 Å². The van der Waals surface area contributed by atoms with Crippen molar-refractivity contribution in [1.82, 2.24) is 9.55 Å². The van der Waals surface area contributed by atoms with Crippen LogP contribution in [-0.4, -0.2) is 42.4 Å². The van der Waals surface area contributed by atoms with Crippen molar-refractivity contribution in [2.75, 3.05) is 26.1 Å². The van der Waals surface area contributed by atoms with Crippen LogP contribution in [0.3, 0.4) is 0 Å². The second-order valence-electron chi connectivity index (χ2n) is 12.7. The van der Waals surface area contributed by atoms with Crippen LogP contribution in [-0.2, 0) is 24.6 Å². The molecule has 2 aliphatic carbocycles. The fourth-order valence-electron chi connectivity index (χ4n) is 6.88. The van der Waals surface area contributed by atoms with Gasteiger partial charge in [-0.25, -0.2) is 4.79 Å². The molecule has 250 valence electrons. The predicted octanol–water partition coefficient (Wildman–Crippen LogP) is 6.91. The summed E-state index contributed by atoms with van der Waals surface area (Å²) in [5.41, 5.74) is 1.37. The third-order valence-corrected chi connectivity index (χ3v) is 9.56. The van der Waals surface area contributed by atoms with Gasteiger partial charge in [0.05, 0.1) is 26.9 Å². The smallest absolute Gasteiger partial charge is 0.351 e. The molecule has 0 saturated carbocycles. The number of rotatable bonds is 11. The average Bonchev–Trinajstić information content (AvgIpc) is 3.60. The molecule has 4 unspecified atom stereocenters. The first kappa shape index (κ1) is 33.2. The maximum Gasteiger partial charge on any atom is 0.351 e. The second-order valence-corrected chi connectivity index (χ2v) is 12.7. The van der Waals surface area contributed by atoms with Gasteiger partial charge in [0.15, 0.2) is 0 Å². The van der Waals surface area contributed by atoms with Crippen LogP contribution >= 0.6 is 0 Å². The number of ether oxygens (including phenoxy) is 4. The Morgan fingerprint density at radius 1 is 1.02 bits per heavy atom. The molecule has 2 aromatic carbocycles. The number of hydrogen-bond acceptors (Lipinski definition) is 7. The van der Waals surface area contributed by atoms with Gasteiger partial charge < -0.3 is 24.3 Å². The molecule has 3 aromatic rings. The first-order valence-corrected chi connectivity index (χ1v) is 16.5.